The van der Waals surface area contributed by atoms with E-state index in [2.05, 4.69) is 17.0 Å². The van der Waals surface area contributed by atoms with E-state index >= 15 is 0 Å². The van der Waals surface area contributed by atoms with Gasteiger partial charge in [0.15, 0.2) is 0 Å². The van der Waals surface area contributed by atoms with Crippen LogP contribution in [0, 0.1) is 13.8 Å². The number of rotatable bonds is 2. The van der Waals surface area contributed by atoms with Gasteiger partial charge in [-0.05, 0) is 50.3 Å². The molecule has 1 aliphatic rings. The summed E-state index contributed by atoms with van der Waals surface area (Å²) in [5.41, 5.74) is 5.14. The molecule has 2 aromatic heterocycles. The molecule has 1 aromatic carbocycles. The summed E-state index contributed by atoms with van der Waals surface area (Å²) < 4.78 is 1.91. The first-order valence-corrected chi connectivity index (χ1v) is 8.44. The third kappa shape index (κ3) is 2.23. The number of hydrogen-bond acceptors (Lipinski definition) is 2. The molecule has 5 nitrogen and oxygen atoms in total. The smallest absolute Gasteiger partial charge is 0.254 e. The van der Waals surface area contributed by atoms with Crippen molar-refractivity contribution in [2.24, 2.45) is 7.05 Å². The number of H-pyrrole nitrogens is 1. The minimum Gasteiger partial charge on any atom is -0.361 e. The van der Waals surface area contributed by atoms with Crippen LogP contribution in [0.2, 0.25) is 0 Å². The molecule has 1 N–H and O–H groups in total. The molecule has 4 rings (SSSR count). The van der Waals surface area contributed by atoms with Crippen LogP contribution < -0.4 is 0 Å². The second-order valence-corrected chi connectivity index (χ2v) is 6.64. The van der Waals surface area contributed by atoms with E-state index in [4.69, 9.17) is 0 Å². The fourth-order valence-electron chi connectivity index (χ4n) is 3.93. The average molecular weight is 322 g/mol. The van der Waals surface area contributed by atoms with Crippen molar-refractivity contribution in [2.75, 3.05) is 6.54 Å². The van der Waals surface area contributed by atoms with Gasteiger partial charge in [-0.3, -0.25) is 9.48 Å². The van der Waals surface area contributed by atoms with E-state index in [1.54, 1.807) is 0 Å². The summed E-state index contributed by atoms with van der Waals surface area (Å²) in [6.45, 7) is 4.93. The van der Waals surface area contributed by atoms with E-state index < -0.39 is 0 Å². The maximum absolute atomic E-state index is 13.1. The lowest BCUT2D eigenvalue weighted by Gasteiger charge is -2.25. The minimum absolute atomic E-state index is 0.108. The molecule has 1 unspecified atom stereocenters. The molecule has 1 fully saturated rings. The number of nitrogens with zero attached hydrogens (tertiary/aromatic N) is 3. The normalized spacial score (nSPS) is 17.8. The van der Waals surface area contributed by atoms with Gasteiger partial charge in [-0.1, -0.05) is 6.07 Å². The third-order valence-electron chi connectivity index (χ3n) is 5.21. The molecule has 0 aliphatic carbocycles. The molecular formula is C19H22N4O. The molecule has 0 spiro atoms. The largest absolute Gasteiger partial charge is 0.361 e. The summed E-state index contributed by atoms with van der Waals surface area (Å²) in [5.74, 6) is 0.108. The molecule has 5 heteroatoms. The van der Waals surface area contributed by atoms with E-state index in [1.165, 1.54) is 5.56 Å². The van der Waals surface area contributed by atoms with Crippen molar-refractivity contribution in [1.29, 1.82) is 0 Å². The number of likely N-dealkylation sites (tertiary alicyclic amines) is 1. The Morgan fingerprint density at radius 2 is 2.12 bits per heavy atom. The topological polar surface area (TPSA) is 53.9 Å². The lowest BCUT2D eigenvalue weighted by atomic mass is 10.0. The van der Waals surface area contributed by atoms with E-state index in [0.29, 0.717) is 0 Å². The summed E-state index contributed by atoms with van der Waals surface area (Å²) in [7, 11) is 1.96. The van der Waals surface area contributed by atoms with Gasteiger partial charge in [0, 0.05) is 42.1 Å². The van der Waals surface area contributed by atoms with E-state index in [-0.39, 0.29) is 11.9 Å². The number of aromatic nitrogens is 3. The standard InChI is InChI=1S/C19H22N4O/c1-12-18(13(2)22(3)21-12)17-5-4-10-23(17)19(24)15-7-6-14-8-9-20-16(14)11-15/h6-9,11,17,20H,4-5,10H2,1-3H3. The second-order valence-electron chi connectivity index (χ2n) is 6.64. The van der Waals surface area contributed by atoms with Crippen molar-refractivity contribution in [3.05, 3.63) is 53.0 Å². The SMILES string of the molecule is Cc1nn(C)c(C)c1C1CCCN1C(=O)c1ccc2cc[nH]c2c1. The van der Waals surface area contributed by atoms with Crippen LogP contribution >= 0.6 is 0 Å². The first-order chi connectivity index (χ1) is 11.6. The number of benzene rings is 1. The third-order valence-corrected chi connectivity index (χ3v) is 5.21. The highest BCUT2D eigenvalue weighted by Gasteiger charge is 2.33. The first-order valence-electron chi connectivity index (χ1n) is 8.44. The minimum atomic E-state index is 0.108. The van der Waals surface area contributed by atoms with Crippen molar-refractivity contribution in [3.8, 4) is 0 Å². The highest BCUT2D eigenvalue weighted by Crippen LogP contribution is 2.36. The van der Waals surface area contributed by atoms with Gasteiger partial charge in [0.25, 0.3) is 5.91 Å². The van der Waals surface area contributed by atoms with Gasteiger partial charge in [-0.25, -0.2) is 0 Å². The Kier molecular flexibility index (Phi) is 3.44. The fraction of sp³-hybridized carbons (Fsp3) is 0.368. The summed E-state index contributed by atoms with van der Waals surface area (Å²) in [6, 6.07) is 8.04. The Morgan fingerprint density at radius 1 is 1.29 bits per heavy atom. The fourth-order valence-corrected chi connectivity index (χ4v) is 3.93. The van der Waals surface area contributed by atoms with Crippen molar-refractivity contribution >= 4 is 16.8 Å². The van der Waals surface area contributed by atoms with Gasteiger partial charge in [-0.15, -0.1) is 0 Å². The second kappa shape index (κ2) is 5.51. The predicted molar refractivity (Wildman–Crippen MR) is 94.0 cm³/mol. The Balaban J connectivity index is 1.70. The van der Waals surface area contributed by atoms with Crippen LogP contribution in [0.5, 0.6) is 0 Å². The number of carbonyl (C=O) groups excluding carboxylic acids is 1. The van der Waals surface area contributed by atoms with Gasteiger partial charge < -0.3 is 9.88 Å². The molecule has 0 saturated carbocycles. The molecular weight excluding hydrogens is 300 g/mol. The maximum Gasteiger partial charge on any atom is 0.254 e. The van der Waals surface area contributed by atoms with Crippen LogP contribution in [0.25, 0.3) is 10.9 Å². The van der Waals surface area contributed by atoms with Crippen LogP contribution in [-0.4, -0.2) is 32.1 Å². The molecule has 1 amide bonds. The first kappa shape index (κ1) is 15.0. The summed E-state index contributed by atoms with van der Waals surface area (Å²) in [5, 5.41) is 5.66. The molecule has 1 atom stereocenters. The molecule has 24 heavy (non-hydrogen) atoms. The van der Waals surface area contributed by atoms with Crippen LogP contribution in [0.15, 0.2) is 30.5 Å². The van der Waals surface area contributed by atoms with Crippen LogP contribution in [0.4, 0.5) is 0 Å². The maximum atomic E-state index is 13.1. The van der Waals surface area contributed by atoms with Gasteiger partial charge in [0.05, 0.1) is 11.7 Å². The number of aryl methyl sites for hydroxylation is 2. The zero-order chi connectivity index (χ0) is 16.8. The number of aromatic amines is 1. The quantitative estimate of drug-likeness (QED) is 0.785. The van der Waals surface area contributed by atoms with Crippen molar-refractivity contribution in [3.63, 3.8) is 0 Å². The molecule has 124 valence electrons. The monoisotopic (exact) mass is 322 g/mol. The van der Waals surface area contributed by atoms with Crippen molar-refractivity contribution < 1.29 is 4.79 Å². The number of carbonyl (C=O) groups is 1. The summed E-state index contributed by atoms with van der Waals surface area (Å²) in [6.07, 6.45) is 3.94. The number of fused-ring (bicyclic) bond motifs is 1. The van der Waals surface area contributed by atoms with Gasteiger partial charge in [-0.2, -0.15) is 5.10 Å². The highest BCUT2D eigenvalue weighted by atomic mass is 16.2. The lowest BCUT2D eigenvalue weighted by molar-refractivity contribution is 0.0735. The average Bonchev–Trinajstić information content (AvgIpc) is 3.26. The predicted octanol–water partition coefficient (Wildman–Crippen LogP) is 3.50. The highest BCUT2D eigenvalue weighted by molar-refractivity contribution is 5.98. The summed E-state index contributed by atoms with van der Waals surface area (Å²) in [4.78, 5) is 18.3. The zero-order valence-electron chi connectivity index (χ0n) is 14.3. The van der Waals surface area contributed by atoms with Crippen LogP contribution in [0.3, 0.4) is 0 Å². The Labute approximate surface area is 141 Å². The lowest BCUT2D eigenvalue weighted by Crippen LogP contribution is -2.31. The van der Waals surface area contributed by atoms with Crippen LogP contribution in [-0.2, 0) is 7.05 Å². The molecule has 0 bridgehead atoms. The Hall–Kier alpha value is -2.56. The Morgan fingerprint density at radius 3 is 2.88 bits per heavy atom. The summed E-state index contributed by atoms with van der Waals surface area (Å²) >= 11 is 0. The molecule has 1 aliphatic heterocycles. The van der Waals surface area contributed by atoms with Crippen LogP contribution in [0.1, 0.15) is 46.2 Å². The molecule has 3 heterocycles. The van der Waals surface area contributed by atoms with E-state index in [1.807, 2.05) is 54.0 Å². The Bertz CT molecular complexity index is 921. The van der Waals surface area contributed by atoms with Gasteiger partial charge in [0.1, 0.15) is 0 Å². The number of amides is 1. The number of nitrogens with one attached hydrogen (secondary N) is 1. The number of hydrogen-bond donors (Lipinski definition) is 1. The zero-order valence-corrected chi connectivity index (χ0v) is 14.3. The molecule has 3 aromatic rings. The van der Waals surface area contributed by atoms with Gasteiger partial charge in [0.2, 0.25) is 0 Å². The molecule has 1 saturated heterocycles. The van der Waals surface area contributed by atoms with Crippen molar-refractivity contribution in [2.45, 2.75) is 32.7 Å². The van der Waals surface area contributed by atoms with E-state index in [0.717, 1.165) is 47.2 Å². The van der Waals surface area contributed by atoms with Gasteiger partial charge >= 0.3 is 0 Å². The van der Waals surface area contributed by atoms with Crippen molar-refractivity contribution in [1.82, 2.24) is 19.7 Å². The van der Waals surface area contributed by atoms with E-state index in [9.17, 15) is 4.79 Å². The molecule has 0 radical (unpaired) electrons.